The lowest BCUT2D eigenvalue weighted by molar-refractivity contribution is -0.134. The van der Waals surface area contributed by atoms with Crippen LogP contribution in [0.15, 0.2) is 30.6 Å². The van der Waals surface area contributed by atoms with Crippen LogP contribution in [0.4, 0.5) is 0 Å². The molecule has 4 heteroatoms. The Labute approximate surface area is 84.2 Å². The van der Waals surface area contributed by atoms with Crippen LogP contribution in [-0.2, 0) is 4.79 Å². The minimum absolute atomic E-state index is 0.319. The zero-order valence-electron chi connectivity index (χ0n) is 8.55. The summed E-state index contributed by atoms with van der Waals surface area (Å²) in [6.07, 6.45) is 4.38. The van der Waals surface area contributed by atoms with Crippen LogP contribution in [0.3, 0.4) is 0 Å². The van der Waals surface area contributed by atoms with Crippen molar-refractivity contribution in [2.75, 3.05) is 6.61 Å². The third kappa shape index (κ3) is 31.2. The molecule has 0 aromatic carbocycles. The van der Waals surface area contributed by atoms with Gasteiger partial charge in [-0.2, -0.15) is 0 Å². The van der Waals surface area contributed by atoms with Gasteiger partial charge in [-0.15, -0.1) is 0 Å². The molecule has 0 amide bonds. The lowest BCUT2D eigenvalue weighted by atomic mass is 10.5. The van der Waals surface area contributed by atoms with Crippen molar-refractivity contribution in [3.8, 4) is 0 Å². The second-order valence-electron chi connectivity index (χ2n) is 2.27. The molecule has 0 unspecified atom stereocenters. The minimum atomic E-state index is -0.833. The number of aliphatic carboxylic acids is 1. The summed E-state index contributed by atoms with van der Waals surface area (Å²) in [5.74, 6) is -0.833. The summed E-state index contributed by atoms with van der Waals surface area (Å²) < 4.78 is 0. The molecule has 14 heavy (non-hydrogen) atoms. The Morgan fingerprint density at radius 2 is 1.64 bits per heavy atom. The first-order valence-electron chi connectivity index (χ1n) is 4.30. The average Bonchev–Trinajstić information content (AvgIpc) is 2.20. The number of carbonyl (C=O) groups is 1. The number of carboxylic acids is 1. The van der Waals surface area contributed by atoms with E-state index in [1.165, 1.54) is 0 Å². The van der Waals surface area contributed by atoms with E-state index in [0.29, 0.717) is 6.61 Å². The van der Waals surface area contributed by atoms with Gasteiger partial charge < -0.3 is 10.2 Å². The molecular formula is C10H17NO3. The van der Waals surface area contributed by atoms with Gasteiger partial charge in [-0.25, -0.2) is 0 Å². The van der Waals surface area contributed by atoms with E-state index in [1.54, 1.807) is 12.4 Å². The monoisotopic (exact) mass is 199 g/mol. The highest BCUT2D eigenvalue weighted by atomic mass is 16.4. The molecule has 0 aliphatic carbocycles. The van der Waals surface area contributed by atoms with Gasteiger partial charge in [0.25, 0.3) is 5.97 Å². The van der Waals surface area contributed by atoms with Gasteiger partial charge in [-0.3, -0.25) is 9.78 Å². The van der Waals surface area contributed by atoms with Crippen molar-refractivity contribution in [3.05, 3.63) is 30.6 Å². The Hall–Kier alpha value is -1.42. The van der Waals surface area contributed by atoms with E-state index >= 15 is 0 Å². The van der Waals surface area contributed by atoms with Crippen LogP contribution in [-0.4, -0.2) is 27.8 Å². The maximum absolute atomic E-state index is 9.00. The highest BCUT2D eigenvalue weighted by molar-refractivity contribution is 5.62. The molecule has 0 spiro atoms. The molecular weight excluding hydrogens is 182 g/mol. The van der Waals surface area contributed by atoms with Crippen molar-refractivity contribution < 1.29 is 15.0 Å². The van der Waals surface area contributed by atoms with Crippen LogP contribution in [0.2, 0.25) is 0 Å². The third-order valence-corrected chi connectivity index (χ3v) is 0.790. The fraction of sp³-hybridized carbons (Fsp3) is 0.400. The molecule has 80 valence electrons. The highest BCUT2D eigenvalue weighted by Crippen LogP contribution is 1.73. The van der Waals surface area contributed by atoms with E-state index in [4.69, 9.17) is 15.0 Å². The second kappa shape index (κ2) is 14.1. The Balaban J connectivity index is 0. The molecule has 1 rings (SSSR count). The van der Waals surface area contributed by atoms with E-state index in [1.807, 2.05) is 25.1 Å². The van der Waals surface area contributed by atoms with E-state index in [-0.39, 0.29) is 0 Å². The van der Waals surface area contributed by atoms with Crippen molar-refractivity contribution in [1.29, 1.82) is 0 Å². The topological polar surface area (TPSA) is 70.4 Å². The molecule has 0 bridgehead atoms. The smallest absolute Gasteiger partial charge is 0.300 e. The van der Waals surface area contributed by atoms with Gasteiger partial charge in [0.05, 0.1) is 0 Å². The van der Waals surface area contributed by atoms with Gasteiger partial charge in [0.15, 0.2) is 0 Å². The number of aliphatic hydroxyl groups excluding tert-OH is 1. The second-order valence-corrected chi connectivity index (χ2v) is 2.27. The molecule has 4 nitrogen and oxygen atoms in total. The summed E-state index contributed by atoms with van der Waals surface area (Å²) in [6.45, 7) is 3.33. The van der Waals surface area contributed by atoms with Gasteiger partial charge in [0.2, 0.25) is 0 Å². The van der Waals surface area contributed by atoms with Crippen molar-refractivity contribution >= 4 is 5.97 Å². The Morgan fingerprint density at radius 3 is 1.71 bits per heavy atom. The maximum Gasteiger partial charge on any atom is 0.300 e. The van der Waals surface area contributed by atoms with Gasteiger partial charge in [-0.1, -0.05) is 13.0 Å². The number of rotatable bonds is 1. The summed E-state index contributed by atoms with van der Waals surface area (Å²) in [7, 11) is 0. The van der Waals surface area contributed by atoms with Crippen LogP contribution < -0.4 is 0 Å². The van der Waals surface area contributed by atoms with E-state index < -0.39 is 5.97 Å². The number of aromatic nitrogens is 1. The van der Waals surface area contributed by atoms with Gasteiger partial charge >= 0.3 is 0 Å². The number of aliphatic hydroxyl groups is 1. The first-order chi connectivity index (χ1) is 6.65. The molecule has 1 aromatic heterocycles. The van der Waals surface area contributed by atoms with Crippen molar-refractivity contribution in [1.82, 2.24) is 4.98 Å². The lowest BCUT2D eigenvalue weighted by Crippen LogP contribution is -1.78. The van der Waals surface area contributed by atoms with E-state index in [9.17, 15) is 0 Å². The summed E-state index contributed by atoms with van der Waals surface area (Å²) in [5, 5.41) is 15.3. The number of hydrogen-bond acceptors (Lipinski definition) is 3. The normalized spacial score (nSPS) is 7.36. The molecule has 0 saturated carbocycles. The first-order valence-corrected chi connectivity index (χ1v) is 4.30. The molecule has 2 N–H and O–H groups in total. The first kappa shape index (κ1) is 15.1. The maximum atomic E-state index is 9.00. The fourth-order valence-electron chi connectivity index (χ4n) is 0.313. The predicted molar refractivity (Wildman–Crippen MR) is 54.9 cm³/mol. The third-order valence-electron chi connectivity index (χ3n) is 0.790. The van der Waals surface area contributed by atoms with Crippen LogP contribution in [0.1, 0.15) is 20.3 Å². The summed E-state index contributed by atoms with van der Waals surface area (Å²) in [4.78, 5) is 12.8. The minimum Gasteiger partial charge on any atom is -0.481 e. The van der Waals surface area contributed by atoms with Crippen LogP contribution in [0, 0.1) is 0 Å². The standard InChI is InChI=1S/C5H5N.C3H8O.C2H4O2/c1-2-4-6-5-3-1;1-2-3-4;1-2(3)4/h1-5H;4H,2-3H2,1H3;1H3,(H,3,4). The van der Waals surface area contributed by atoms with E-state index in [0.717, 1.165) is 13.3 Å². The lowest BCUT2D eigenvalue weighted by Gasteiger charge is -1.70. The van der Waals surface area contributed by atoms with Crippen LogP contribution >= 0.6 is 0 Å². The molecule has 0 aliphatic rings. The van der Waals surface area contributed by atoms with Crippen LogP contribution in [0.25, 0.3) is 0 Å². The largest absolute Gasteiger partial charge is 0.481 e. The molecule has 0 fully saturated rings. The van der Waals surface area contributed by atoms with Crippen LogP contribution in [0.5, 0.6) is 0 Å². The predicted octanol–water partition coefficient (Wildman–Crippen LogP) is 1.56. The van der Waals surface area contributed by atoms with Gasteiger partial charge in [-0.05, 0) is 18.6 Å². The number of pyridine rings is 1. The molecule has 1 heterocycles. The zero-order chi connectivity index (χ0) is 11.2. The molecule has 0 atom stereocenters. The Kier molecular flexibility index (Phi) is 15.2. The average molecular weight is 199 g/mol. The molecule has 0 radical (unpaired) electrons. The molecule has 0 aliphatic heterocycles. The highest BCUT2D eigenvalue weighted by Gasteiger charge is 1.65. The number of hydrogen-bond donors (Lipinski definition) is 2. The summed E-state index contributed by atoms with van der Waals surface area (Å²) >= 11 is 0. The SMILES string of the molecule is CC(=O)O.CCCO.c1ccncc1. The van der Waals surface area contributed by atoms with E-state index in [2.05, 4.69) is 4.98 Å². The Morgan fingerprint density at radius 1 is 1.29 bits per heavy atom. The van der Waals surface area contributed by atoms with Crippen molar-refractivity contribution in [3.63, 3.8) is 0 Å². The van der Waals surface area contributed by atoms with Gasteiger partial charge in [0, 0.05) is 25.9 Å². The van der Waals surface area contributed by atoms with Crippen molar-refractivity contribution in [2.45, 2.75) is 20.3 Å². The number of carboxylic acid groups (broad SMARTS) is 1. The molecule has 0 saturated heterocycles. The summed E-state index contributed by atoms with van der Waals surface area (Å²) in [5.41, 5.74) is 0. The zero-order valence-corrected chi connectivity index (χ0v) is 8.55. The molecule has 1 aromatic rings. The Bertz CT molecular complexity index is 169. The quantitative estimate of drug-likeness (QED) is 0.720. The summed E-state index contributed by atoms with van der Waals surface area (Å²) in [6, 6.07) is 5.72. The van der Waals surface area contributed by atoms with Gasteiger partial charge in [0.1, 0.15) is 0 Å². The number of nitrogens with zero attached hydrogens (tertiary/aromatic N) is 1. The fourth-order valence-corrected chi connectivity index (χ4v) is 0.313. The van der Waals surface area contributed by atoms with Crippen molar-refractivity contribution in [2.24, 2.45) is 0 Å².